The minimum atomic E-state index is 0.464. The van der Waals surface area contributed by atoms with Crippen LogP contribution in [0.3, 0.4) is 0 Å². The summed E-state index contributed by atoms with van der Waals surface area (Å²) in [4.78, 5) is 11.1. The molecule has 1 aliphatic heterocycles. The van der Waals surface area contributed by atoms with Gasteiger partial charge in [-0.3, -0.25) is 4.90 Å². The number of hydrogen-bond donors (Lipinski definition) is 1. The Morgan fingerprint density at radius 2 is 2.29 bits per heavy atom. The molecular weight excluding hydrogens is 236 g/mol. The molecule has 1 unspecified atom stereocenters. The van der Waals surface area contributed by atoms with Crippen LogP contribution in [0.15, 0.2) is 6.07 Å². The number of aryl methyl sites for hydroxylation is 1. The Kier molecular flexibility index (Phi) is 4.31. The largest absolute Gasteiger partial charge is 0.329 e. The van der Waals surface area contributed by atoms with Crippen molar-refractivity contribution < 1.29 is 0 Å². The predicted octanol–water partition coefficient (Wildman–Crippen LogP) is 1.75. The lowest BCUT2D eigenvalue weighted by molar-refractivity contribution is 0.141. The highest BCUT2D eigenvalue weighted by molar-refractivity contribution is 6.29. The lowest BCUT2D eigenvalue weighted by Crippen LogP contribution is -2.43. The van der Waals surface area contributed by atoms with Crippen LogP contribution in [0.1, 0.15) is 30.8 Å². The molecule has 0 aromatic carbocycles. The highest BCUT2D eigenvalue weighted by atomic mass is 35.5. The molecule has 1 aromatic rings. The van der Waals surface area contributed by atoms with Crippen LogP contribution in [0.5, 0.6) is 0 Å². The van der Waals surface area contributed by atoms with Crippen LogP contribution in [-0.2, 0) is 6.54 Å². The first-order valence-corrected chi connectivity index (χ1v) is 6.51. The van der Waals surface area contributed by atoms with Gasteiger partial charge in [0, 0.05) is 18.3 Å². The summed E-state index contributed by atoms with van der Waals surface area (Å²) in [6.07, 6.45) is 3.68. The smallest absolute Gasteiger partial charge is 0.144 e. The molecule has 17 heavy (non-hydrogen) atoms. The molecule has 1 fully saturated rings. The summed E-state index contributed by atoms with van der Waals surface area (Å²) in [5, 5.41) is 0.522. The van der Waals surface area contributed by atoms with E-state index in [0.29, 0.717) is 17.7 Å². The summed E-state index contributed by atoms with van der Waals surface area (Å²) in [7, 11) is 0. The topological polar surface area (TPSA) is 55.0 Å². The molecule has 0 radical (unpaired) electrons. The molecule has 2 heterocycles. The van der Waals surface area contributed by atoms with Crippen LogP contribution in [0.25, 0.3) is 0 Å². The molecule has 2 rings (SSSR count). The van der Waals surface area contributed by atoms with Crippen molar-refractivity contribution in [1.29, 1.82) is 0 Å². The van der Waals surface area contributed by atoms with Gasteiger partial charge in [-0.05, 0) is 32.4 Å². The average molecular weight is 255 g/mol. The van der Waals surface area contributed by atoms with Crippen LogP contribution in [0, 0.1) is 6.92 Å². The number of halogens is 1. The van der Waals surface area contributed by atoms with Gasteiger partial charge in [0.2, 0.25) is 0 Å². The third kappa shape index (κ3) is 3.37. The molecular formula is C12H19ClN4. The normalized spacial score (nSPS) is 21.7. The molecule has 1 atom stereocenters. The molecule has 1 aliphatic rings. The van der Waals surface area contributed by atoms with Crippen molar-refractivity contribution in [2.75, 3.05) is 13.1 Å². The molecule has 2 N–H and O–H groups in total. The van der Waals surface area contributed by atoms with E-state index in [0.717, 1.165) is 24.6 Å². The van der Waals surface area contributed by atoms with Gasteiger partial charge >= 0.3 is 0 Å². The lowest BCUT2D eigenvalue weighted by Gasteiger charge is -2.34. The Labute approximate surface area is 107 Å². The van der Waals surface area contributed by atoms with E-state index in [1.165, 1.54) is 19.3 Å². The van der Waals surface area contributed by atoms with Crippen LogP contribution in [0.4, 0.5) is 0 Å². The van der Waals surface area contributed by atoms with Crippen molar-refractivity contribution >= 4 is 11.6 Å². The molecule has 1 aromatic heterocycles. The van der Waals surface area contributed by atoms with Crippen LogP contribution >= 0.6 is 11.6 Å². The average Bonchev–Trinajstić information content (AvgIpc) is 2.28. The SMILES string of the molecule is Cc1cc(Cl)nc(CN2CCCCC2CN)n1. The maximum atomic E-state index is 5.94. The van der Waals surface area contributed by atoms with Gasteiger partial charge in [0.05, 0.1) is 6.54 Å². The number of likely N-dealkylation sites (tertiary alicyclic amines) is 1. The van der Waals surface area contributed by atoms with E-state index in [2.05, 4.69) is 14.9 Å². The van der Waals surface area contributed by atoms with Gasteiger partial charge in [-0.1, -0.05) is 18.0 Å². The fraction of sp³-hybridized carbons (Fsp3) is 0.667. The number of rotatable bonds is 3. The fourth-order valence-electron chi connectivity index (χ4n) is 2.38. The first kappa shape index (κ1) is 12.7. The van der Waals surface area contributed by atoms with Crippen molar-refractivity contribution in [3.63, 3.8) is 0 Å². The van der Waals surface area contributed by atoms with Gasteiger partial charge in [0.15, 0.2) is 0 Å². The molecule has 0 saturated carbocycles. The van der Waals surface area contributed by atoms with Crippen LogP contribution < -0.4 is 5.73 Å². The first-order valence-electron chi connectivity index (χ1n) is 6.13. The minimum Gasteiger partial charge on any atom is -0.329 e. The second kappa shape index (κ2) is 5.76. The molecule has 4 nitrogen and oxygen atoms in total. The maximum absolute atomic E-state index is 5.94. The van der Waals surface area contributed by atoms with Gasteiger partial charge in [0.1, 0.15) is 11.0 Å². The predicted molar refractivity (Wildman–Crippen MR) is 68.9 cm³/mol. The zero-order chi connectivity index (χ0) is 12.3. The molecule has 0 amide bonds. The first-order chi connectivity index (χ1) is 8.19. The quantitative estimate of drug-likeness (QED) is 0.835. The lowest BCUT2D eigenvalue weighted by atomic mass is 10.0. The highest BCUT2D eigenvalue weighted by Gasteiger charge is 2.21. The number of nitrogens with two attached hydrogens (primary N) is 1. The van der Waals surface area contributed by atoms with E-state index in [9.17, 15) is 0 Å². The van der Waals surface area contributed by atoms with Gasteiger partial charge in [-0.25, -0.2) is 9.97 Å². The number of hydrogen-bond acceptors (Lipinski definition) is 4. The summed E-state index contributed by atoms with van der Waals surface area (Å²) < 4.78 is 0. The Balaban J connectivity index is 2.08. The van der Waals surface area contributed by atoms with E-state index in [1.807, 2.05) is 6.92 Å². The summed E-state index contributed by atoms with van der Waals surface area (Å²) >= 11 is 5.94. The highest BCUT2D eigenvalue weighted by Crippen LogP contribution is 2.18. The molecule has 0 aliphatic carbocycles. The van der Waals surface area contributed by atoms with E-state index < -0.39 is 0 Å². The van der Waals surface area contributed by atoms with Crippen molar-refractivity contribution in [3.8, 4) is 0 Å². The van der Waals surface area contributed by atoms with Crippen molar-refractivity contribution in [2.24, 2.45) is 5.73 Å². The minimum absolute atomic E-state index is 0.464. The maximum Gasteiger partial charge on any atom is 0.144 e. The van der Waals surface area contributed by atoms with Crippen molar-refractivity contribution in [1.82, 2.24) is 14.9 Å². The van der Waals surface area contributed by atoms with E-state index in [-0.39, 0.29) is 0 Å². The van der Waals surface area contributed by atoms with Gasteiger partial charge in [0.25, 0.3) is 0 Å². The zero-order valence-corrected chi connectivity index (χ0v) is 11.0. The molecule has 94 valence electrons. The summed E-state index contributed by atoms with van der Waals surface area (Å²) in [5.74, 6) is 0.801. The number of aromatic nitrogens is 2. The van der Waals surface area contributed by atoms with Crippen molar-refractivity contribution in [3.05, 3.63) is 22.7 Å². The summed E-state index contributed by atoms with van der Waals surface area (Å²) in [6, 6.07) is 2.24. The Morgan fingerprint density at radius 3 is 3.00 bits per heavy atom. The second-order valence-electron chi connectivity index (χ2n) is 4.60. The number of piperidine rings is 1. The van der Waals surface area contributed by atoms with Crippen LogP contribution in [0.2, 0.25) is 5.15 Å². The molecule has 0 spiro atoms. The Morgan fingerprint density at radius 1 is 1.47 bits per heavy atom. The molecule has 1 saturated heterocycles. The second-order valence-corrected chi connectivity index (χ2v) is 4.99. The fourth-order valence-corrected chi connectivity index (χ4v) is 2.63. The van der Waals surface area contributed by atoms with E-state index >= 15 is 0 Å². The van der Waals surface area contributed by atoms with E-state index in [1.54, 1.807) is 6.07 Å². The monoisotopic (exact) mass is 254 g/mol. The van der Waals surface area contributed by atoms with Gasteiger partial charge in [-0.15, -0.1) is 0 Å². The molecule has 0 bridgehead atoms. The van der Waals surface area contributed by atoms with Gasteiger partial charge in [-0.2, -0.15) is 0 Å². The number of nitrogens with zero attached hydrogens (tertiary/aromatic N) is 3. The Hall–Kier alpha value is -0.710. The summed E-state index contributed by atoms with van der Waals surface area (Å²) in [5.41, 5.74) is 6.72. The third-order valence-electron chi connectivity index (χ3n) is 3.23. The zero-order valence-electron chi connectivity index (χ0n) is 10.2. The van der Waals surface area contributed by atoms with E-state index in [4.69, 9.17) is 17.3 Å². The molecule has 5 heteroatoms. The standard InChI is InChI=1S/C12H19ClN4/c1-9-6-11(13)16-12(15-9)8-17-5-3-2-4-10(17)7-14/h6,10H,2-5,7-8,14H2,1H3. The third-order valence-corrected chi connectivity index (χ3v) is 3.43. The summed E-state index contributed by atoms with van der Waals surface area (Å²) in [6.45, 7) is 4.48. The van der Waals surface area contributed by atoms with Crippen LogP contribution in [-0.4, -0.2) is 34.0 Å². The Bertz CT molecular complexity index is 363. The van der Waals surface area contributed by atoms with Crippen molar-refractivity contribution in [2.45, 2.75) is 38.8 Å². The van der Waals surface area contributed by atoms with Gasteiger partial charge < -0.3 is 5.73 Å².